The third-order valence-corrected chi connectivity index (χ3v) is 3.53. The van der Waals surface area contributed by atoms with Crippen molar-refractivity contribution in [3.63, 3.8) is 0 Å². The predicted molar refractivity (Wildman–Crippen MR) is 79.5 cm³/mol. The Morgan fingerprint density at radius 1 is 1.42 bits per heavy atom. The van der Waals surface area contributed by atoms with Gasteiger partial charge >= 0.3 is 0 Å². The summed E-state index contributed by atoms with van der Waals surface area (Å²) in [7, 11) is 0. The number of halogens is 3. The molecule has 1 saturated heterocycles. The summed E-state index contributed by atoms with van der Waals surface area (Å²) in [6, 6.07) is 4.62. The average Bonchev–Trinajstić information content (AvgIpc) is 2.34. The van der Waals surface area contributed by atoms with Crippen LogP contribution in [0.15, 0.2) is 18.2 Å². The fourth-order valence-electron chi connectivity index (χ4n) is 1.82. The number of anilines is 1. The van der Waals surface area contributed by atoms with Crippen molar-refractivity contribution < 1.29 is 9.53 Å². The first-order valence-electron chi connectivity index (χ1n) is 5.69. The molecule has 1 aromatic carbocycles. The maximum atomic E-state index is 12.0. The number of hydrogen-bond acceptors (Lipinski definition) is 3. The molecular weight excluding hydrogens is 311 g/mol. The van der Waals surface area contributed by atoms with Gasteiger partial charge in [-0.3, -0.25) is 4.79 Å². The van der Waals surface area contributed by atoms with Gasteiger partial charge in [0.25, 0.3) is 0 Å². The van der Waals surface area contributed by atoms with E-state index in [0.717, 1.165) is 0 Å². The van der Waals surface area contributed by atoms with Gasteiger partial charge in [-0.1, -0.05) is 23.2 Å². The van der Waals surface area contributed by atoms with Crippen molar-refractivity contribution in [1.29, 1.82) is 0 Å². The molecule has 1 aliphatic rings. The fraction of sp³-hybridized carbons (Fsp3) is 0.417. The molecule has 1 amide bonds. The first-order valence-corrected chi connectivity index (χ1v) is 6.44. The SMILES string of the molecule is C[C@H]1OCCN[C@@H]1C(=O)Nc1ccc(Cl)c(Cl)c1.Cl. The summed E-state index contributed by atoms with van der Waals surface area (Å²) < 4.78 is 5.42. The van der Waals surface area contributed by atoms with E-state index < -0.39 is 0 Å². The van der Waals surface area contributed by atoms with E-state index in [4.69, 9.17) is 27.9 Å². The van der Waals surface area contributed by atoms with Gasteiger partial charge in [-0.05, 0) is 25.1 Å². The maximum absolute atomic E-state index is 12.0. The summed E-state index contributed by atoms with van der Waals surface area (Å²) in [6.07, 6.45) is -0.151. The molecule has 0 bridgehead atoms. The Kier molecular flexibility index (Phi) is 6.36. The van der Waals surface area contributed by atoms with Gasteiger partial charge in [0.15, 0.2) is 0 Å². The molecule has 0 saturated carbocycles. The molecule has 0 spiro atoms. The van der Waals surface area contributed by atoms with Crippen LogP contribution in [0.1, 0.15) is 6.92 Å². The van der Waals surface area contributed by atoms with Crippen molar-refractivity contribution in [2.45, 2.75) is 19.1 Å². The topological polar surface area (TPSA) is 50.4 Å². The van der Waals surface area contributed by atoms with Gasteiger partial charge in [0.05, 0.1) is 22.8 Å². The van der Waals surface area contributed by atoms with Crippen molar-refractivity contribution >= 4 is 47.2 Å². The highest BCUT2D eigenvalue weighted by molar-refractivity contribution is 6.42. The molecule has 1 fully saturated rings. The second kappa shape index (κ2) is 7.31. The molecule has 7 heteroatoms. The normalized spacial score (nSPS) is 22.5. The summed E-state index contributed by atoms with van der Waals surface area (Å²) in [5.41, 5.74) is 0.619. The van der Waals surface area contributed by atoms with Crippen molar-refractivity contribution in [1.82, 2.24) is 5.32 Å². The zero-order valence-corrected chi connectivity index (χ0v) is 12.6. The fourth-order valence-corrected chi connectivity index (χ4v) is 2.12. The standard InChI is InChI=1S/C12H14Cl2N2O2.ClH/c1-7-11(15-4-5-18-7)12(17)16-8-2-3-9(13)10(14)6-8;/h2-3,6-7,11,15H,4-5H2,1H3,(H,16,17);1H/t7-,11+;/m1./s1. The van der Waals surface area contributed by atoms with E-state index in [-0.39, 0.29) is 30.5 Å². The van der Waals surface area contributed by atoms with E-state index in [1.54, 1.807) is 18.2 Å². The third-order valence-electron chi connectivity index (χ3n) is 2.79. The molecule has 1 heterocycles. The van der Waals surface area contributed by atoms with Crippen LogP contribution >= 0.6 is 35.6 Å². The monoisotopic (exact) mass is 324 g/mol. The molecule has 0 unspecified atom stereocenters. The third kappa shape index (κ3) is 4.23. The lowest BCUT2D eigenvalue weighted by Gasteiger charge is -2.29. The first-order chi connectivity index (χ1) is 8.58. The van der Waals surface area contributed by atoms with Crippen molar-refractivity contribution in [2.75, 3.05) is 18.5 Å². The van der Waals surface area contributed by atoms with Crippen LogP contribution in [0.4, 0.5) is 5.69 Å². The minimum Gasteiger partial charge on any atom is -0.375 e. The lowest BCUT2D eigenvalue weighted by molar-refractivity contribution is -0.123. The highest BCUT2D eigenvalue weighted by atomic mass is 35.5. The quantitative estimate of drug-likeness (QED) is 0.879. The number of amides is 1. The second-order valence-electron chi connectivity index (χ2n) is 4.13. The van der Waals surface area contributed by atoms with Crippen LogP contribution in [0, 0.1) is 0 Å². The molecule has 2 atom stereocenters. The smallest absolute Gasteiger partial charge is 0.244 e. The molecule has 1 aliphatic heterocycles. The first kappa shape index (κ1) is 16.5. The van der Waals surface area contributed by atoms with Gasteiger partial charge in [-0.2, -0.15) is 0 Å². The zero-order valence-electron chi connectivity index (χ0n) is 10.3. The number of hydrogen-bond donors (Lipinski definition) is 2. The summed E-state index contributed by atoms with van der Waals surface area (Å²) in [6.45, 7) is 3.16. The Bertz CT molecular complexity index is 457. The highest BCUT2D eigenvalue weighted by Crippen LogP contribution is 2.25. The largest absolute Gasteiger partial charge is 0.375 e. The molecule has 4 nitrogen and oxygen atoms in total. The van der Waals surface area contributed by atoms with Crippen molar-refractivity contribution in [3.8, 4) is 0 Å². The summed E-state index contributed by atoms with van der Waals surface area (Å²) in [5, 5.41) is 6.78. The molecule has 0 aliphatic carbocycles. The molecule has 0 radical (unpaired) electrons. The summed E-state index contributed by atoms with van der Waals surface area (Å²) in [5.74, 6) is -0.138. The molecule has 106 valence electrons. The number of ether oxygens (including phenoxy) is 1. The maximum Gasteiger partial charge on any atom is 0.244 e. The number of morpholine rings is 1. The van der Waals surface area contributed by atoms with E-state index in [9.17, 15) is 4.79 Å². The Labute approximate surface area is 128 Å². The van der Waals surface area contributed by atoms with Gasteiger partial charge in [0.1, 0.15) is 6.04 Å². The Balaban J connectivity index is 0.00000180. The second-order valence-corrected chi connectivity index (χ2v) is 4.94. The number of carbonyl (C=O) groups excluding carboxylic acids is 1. The van der Waals surface area contributed by atoms with Crippen LogP contribution in [0.25, 0.3) is 0 Å². The van der Waals surface area contributed by atoms with Crippen LogP contribution in [-0.4, -0.2) is 31.2 Å². The number of nitrogens with one attached hydrogen (secondary N) is 2. The predicted octanol–water partition coefficient (Wildman–Crippen LogP) is 2.73. The Hall–Kier alpha value is -0.520. The van der Waals surface area contributed by atoms with E-state index in [2.05, 4.69) is 10.6 Å². The Morgan fingerprint density at radius 2 is 2.16 bits per heavy atom. The molecule has 2 N–H and O–H groups in total. The molecule has 2 rings (SSSR count). The van der Waals surface area contributed by atoms with Gasteiger partial charge in [0, 0.05) is 12.2 Å². The van der Waals surface area contributed by atoms with Gasteiger partial charge < -0.3 is 15.4 Å². The van der Waals surface area contributed by atoms with Crippen LogP contribution in [0.5, 0.6) is 0 Å². The lowest BCUT2D eigenvalue weighted by atomic mass is 10.1. The van der Waals surface area contributed by atoms with Crippen molar-refractivity contribution in [3.05, 3.63) is 28.2 Å². The van der Waals surface area contributed by atoms with Gasteiger partial charge in [-0.25, -0.2) is 0 Å². The van der Waals surface area contributed by atoms with Crippen LogP contribution in [-0.2, 0) is 9.53 Å². The number of benzene rings is 1. The Morgan fingerprint density at radius 3 is 2.79 bits per heavy atom. The minimum atomic E-state index is -0.354. The molecule has 0 aromatic heterocycles. The van der Waals surface area contributed by atoms with E-state index in [1.165, 1.54) is 0 Å². The van der Waals surface area contributed by atoms with E-state index >= 15 is 0 Å². The summed E-state index contributed by atoms with van der Waals surface area (Å²) in [4.78, 5) is 12.0. The van der Waals surface area contributed by atoms with E-state index in [0.29, 0.717) is 28.9 Å². The van der Waals surface area contributed by atoms with Gasteiger partial charge in [-0.15, -0.1) is 12.4 Å². The molecular formula is C12H15Cl3N2O2. The van der Waals surface area contributed by atoms with Crippen LogP contribution in [0.3, 0.4) is 0 Å². The van der Waals surface area contributed by atoms with Crippen molar-refractivity contribution in [2.24, 2.45) is 0 Å². The van der Waals surface area contributed by atoms with Crippen LogP contribution < -0.4 is 10.6 Å². The van der Waals surface area contributed by atoms with Gasteiger partial charge in [0.2, 0.25) is 5.91 Å². The summed E-state index contributed by atoms with van der Waals surface area (Å²) >= 11 is 11.7. The highest BCUT2D eigenvalue weighted by Gasteiger charge is 2.28. The molecule has 1 aromatic rings. The zero-order chi connectivity index (χ0) is 13.1. The lowest BCUT2D eigenvalue weighted by Crippen LogP contribution is -2.53. The number of rotatable bonds is 2. The van der Waals surface area contributed by atoms with E-state index in [1.807, 2.05) is 6.92 Å². The average molecular weight is 326 g/mol. The van der Waals surface area contributed by atoms with Crippen LogP contribution in [0.2, 0.25) is 10.0 Å². The minimum absolute atomic E-state index is 0. The number of carbonyl (C=O) groups is 1. The molecule has 19 heavy (non-hydrogen) atoms.